The van der Waals surface area contributed by atoms with Crippen LogP contribution < -0.4 is 9.47 Å². The molecule has 2 aromatic rings. The predicted molar refractivity (Wildman–Crippen MR) is 103 cm³/mol. The molecule has 1 aliphatic rings. The van der Waals surface area contributed by atoms with Crippen LogP contribution in [0.2, 0.25) is 0 Å². The standard InChI is InChI=1S/C22H22N2O4/c1-27-19-8-4-17(5-9-19)22(26)18-10-12-24(13-11-18)21(25)15-28-20-6-2-16(14-23)3-7-20/h2-9,18H,10-13,15H2,1H3. The molecule has 0 spiro atoms. The molecule has 3 rings (SSSR count). The number of nitrogens with zero attached hydrogens (tertiary/aromatic N) is 2. The molecule has 0 aliphatic carbocycles. The average Bonchev–Trinajstić information content (AvgIpc) is 2.77. The molecule has 1 aliphatic heterocycles. The van der Waals surface area contributed by atoms with Crippen LogP contribution in [0.3, 0.4) is 0 Å². The largest absolute Gasteiger partial charge is 0.497 e. The lowest BCUT2D eigenvalue weighted by atomic mass is 9.89. The molecular formula is C22H22N2O4. The van der Waals surface area contributed by atoms with E-state index in [0.717, 1.165) is 5.75 Å². The van der Waals surface area contributed by atoms with E-state index >= 15 is 0 Å². The zero-order valence-corrected chi connectivity index (χ0v) is 15.8. The molecule has 144 valence electrons. The Morgan fingerprint density at radius 2 is 1.64 bits per heavy atom. The molecule has 0 unspecified atom stereocenters. The van der Waals surface area contributed by atoms with Crippen molar-refractivity contribution < 1.29 is 19.1 Å². The molecule has 0 atom stereocenters. The van der Waals surface area contributed by atoms with Crippen molar-refractivity contribution in [1.29, 1.82) is 5.26 Å². The average molecular weight is 378 g/mol. The van der Waals surface area contributed by atoms with Crippen LogP contribution in [0.1, 0.15) is 28.8 Å². The van der Waals surface area contributed by atoms with Crippen LogP contribution >= 0.6 is 0 Å². The molecule has 1 saturated heterocycles. The molecule has 1 fully saturated rings. The van der Waals surface area contributed by atoms with Gasteiger partial charge in [0.2, 0.25) is 0 Å². The number of amides is 1. The fourth-order valence-corrected chi connectivity index (χ4v) is 3.24. The van der Waals surface area contributed by atoms with Gasteiger partial charge in [0.15, 0.2) is 12.4 Å². The number of piperidine rings is 1. The van der Waals surface area contributed by atoms with Gasteiger partial charge in [0.05, 0.1) is 18.7 Å². The summed E-state index contributed by atoms with van der Waals surface area (Å²) in [5.41, 5.74) is 1.22. The number of hydrogen-bond acceptors (Lipinski definition) is 5. The molecule has 6 nitrogen and oxygen atoms in total. The molecule has 28 heavy (non-hydrogen) atoms. The minimum atomic E-state index is -0.0975. The third kappa shape index (κ3) is 4.68. The van der Waals surface area contributed by atoms with Crippen molar-refractivity contribution in [2.45, 2.75) is 12.8 Å². The number of nitriles is 1. The fraction of sp³-hybridized carbons (Fsp3) is 0.318. The number of rotatable bonds is 6. The Kier molecular flexibility index (Phi) is 6.28. The summed E-state index contributed by atoms with van der Waals surface area (Å²) in [6, 6.07) is 15.8. The van der Waals surface area contributed by atoms with E-state index in [9.17, 15) is 9.59 Å². The number of likely N-dealkylation sites (tertiary alicyclic amines) is 1. The molecule has 1 heterocycles. The van der Waals surface area contributed by atoms with Gasteiger partial charge in [-0.1, -0.05) is 0 Å². The van der Waals surface area contributed by atoms with Gasteiger partial charge in [0.1, 0.15) is 11.5 Å². The van der Waals surface area contributed by atoms with Crippen molar-refractivity contribution in [1.82, 2.24) is 4.90 Å². The lowest BCUT2D eigenvalue weighted by molar-refractivity contribution is -0.134. The second-order valence-electron chi connectivity index (χ2n) is 6.67. The third-order valence-corrected chi connectivity index (χ3v) is 4.94. The van der Waals surface area contributed by atoms with Gasteiger partial charge in [-0.15, -0.1) is 0 Å². The van der Waals surface area contributed by atoms with Gasteiger partial charge in [-0.3, -0.25) is 9.59 Å². The Balaban J connectivity index is 1.47. The van der Waals surface area contributed by atoms with Crippen molar-refractivity contribution in [3.8, 4) is 17.6 Å². The highest BCUT2D eigenvalue weighted by Gasteiger charge is 2.28. The second kappa shape index (κ2) is 9.05. The van der Waals surface area contributed by atoms with E-state index in [1.165, 1.54) is 0 Å². The zero-order valence-electron chi connectivity index (χ0n) is 15.8. The minimum Gasteiger partial charge on any atom is -0.497 e. The molecule has 0 bridgehead atoms. The molecule has 0 radical (unpaired) electrons. The first kappa shape index (κ1) is 19.4. The highest BCUT2D eigenvalue weighted by atomic mass is 16.5. The van der Waals surface area contributed by atoms with Crippen molar-refractivity contribution in [2.24, 2.45) is 5.92 Å². The van der Waals surface area contributed by atoms with Gasteiger partial charge in [0.25, 0.3) is 5.91 Å². The maximum Gasteiger partial charge on any atom is 0.260 e. The van der Waals surface area contributed by atoms with Crippen molar-refractivity contribution in [3.63, 3.8) is 0 Å². The summed E-state index contributed by atoms with van der Waals surface area (Å²) in [5, 5.41) is 8.79. The van der Waals surface area contributed by atoms with E-state index in [1.807, 2.05) is 6.07 Å². The van der Waals surface area contributed by atoms with Gasteiger partial charge in [-0.2, -0.15) is 5.26 Å². The van der Waals surface area contributed by atoms with Crippen LogP contribution in [0.15, 0.2) is 48.5 Å². The predicted octanol–water partition coefficient (Wildman–Crippen LogP) is 3.07. The van der Waals surface area contributed by atoms with Gasteiger partial charge < -0.3 is 14.4 Å². The highest BCUT2D eigenvalue weighted by molar-refractivity contribution is 5.98. The Morgan fingerprint density at radius 3 is 2.21 bits per heavy atom. The zero-order chi connectivity index (χ0) is 19.9. The monoisotopic (exact) mass is 378 g/mol. The highest BCUT2D eigenvalue weighted by Crippen LogP contribution is 2.23. The van der Waals surface area contributed by atoms with Gasteiger partial charge in [0, 0.05) is 24.6 Å². The molecule has 2 aromatic carbocycles. The van der Waals surface area contributed by atoms with Gasteiger partial charge in [-0.05, 0) is 61.4 Å². The molecule has 0 N–H and O–H groups in total. The van der Waals surface area contributed by atoms with Crippen LogP contribution in [0.25, 0.3) is 0 Å². The molecule has 0 saturated carbocycles. The van der Waals surface area contributed by atoms with E-state index in [-0.39, 0.29) is 24.2 Å². The smallest absolute Gasteiger partial charge is 0.260 e. The number of hydrogen-bond donors (Lipinski definition) is 0. The van der Waals surface area contributed by atoms with Crippen molar-refractivity contribution in [2.75, 3.05) is 26.8 Å². The maximum absolute atomic E-state index is 12.6. The number of Topliss-reactive ketones (excluding diaryl/α,β-unsaturated/α-hetero) is 1. The van der Waals surface area contributed by atoms with Crippen LogP contribution in [0.4, 0.5) is 0 Å². The van der Waals surface area contributed by atoms with Crippen molar-refractivity contribution >= 4 is 11.7 Å². The molecule has 0 aromatic heterocycles. The van der Waals surface area contributed by atoms with Crippen LogP contribution in [0, 0.1) is 17.2 Å². The first-order chi connectivity index (χ1) is 13.6. The van der Waals surface area contributed by atoms with E-state index in [1.54, 1.807) is 60.5 Å². The summed E-state index contributed by atoms with van der Waals surface area (Å²) in [7, 11) is 1.59. The quantitative estimate of drug-likeness (QED) is 0.722. The number of carbonyl (C=O) groups excluding carboxylic acids is 2. The molecule has 6 heteroatoms. The van der Waals surface area contributed by atoms with E-state index < -0.39 is 0 Å². The Morgan fingerprint density at radius 1 is 1.04 bits per heavy atom. The van der Waals surface area contributed by atoms with Crippen LogP contribution in [0.5, 0.6) is 11.5 Å². The lowest BCUT2D eigenvalue weighted by Gasteiger charge is -2.31. The van der Waals surface area contributed by atoms with E-state index in [2.05, 4.69) is 0 Å². The summed E-state index contributed by atoms with van der Waals surface area (Å²) in [5.74, 6) is 1.22. The summed E-state index contributed by atoms with van der Waals surface area (Å²) in [6.07, 6.45) is 1.29. The first-order valence-electron chi connectivity index (χ1n) is 9.19. The fourth-order valence-electron chi connectivity index (χ4n) is 3.24. The summed E-state index contributed by atoms with van der Waals surface area (Å²) >= 11 is 0. The Labute approximate surface area is 164 Å². The molecule has 1 amide bonds. The normalized spacial score (nSPS) is 14.2. The SMILES string of the molecule is COc1ccc(C(=O)C2CCN(C(=O)COc3ccc(C#N)cc3)CC2)cc1. The van der Waals surface area contributed by atoms with Crippen molar-refractivity contribution in [3.05, 3.63) is 59.7 Å². The third-order valence-electron chi connectivity index (χ3n) is 4.94. The summed E-state index contributed by atoms with van der Waals surface area (Å²) < 4.78 is 10.6. The summed E-state index contributed by atoms with van der Waals surface area (Å²) in [6.45, 7) is 1.03. The second-order valence-corrected chi connectivity index (χ2v) is 6.67. The molecular weight excluding hydrogens is 356 g/mol. The van der Waals surface area contributed by atoms with E-state index in [0.29, 0.717) is 42.8 Å². The topological polar surface area (TPSA) is 79.6 Å². The summed E-state index contributed by atoms with van der Waals surface area (Å²) in [4.78, 5) is 26.7. The van der Waals surface area contributed by atoms with Crippen LogP contribution in [-0.4, -0.2) is 43.4 Å². The number of ketones is 1. The maximum atomic E-state index is 12.6. The van der Waals surface area contributed by atoms with Gasteiger partial charge in [-0.25, -0.2) is 0 Å². The lowest BCUT2D eigenvalue weighted by Crippen LogP contribution is -2.42. The van der Waals surface area contributed by atoms with E-state index in [4.69, 9.17) is 14.7 Å². The van der Waals surface area contributed by atoms with Gasteiger partial charge >= 0.3 is 0 Å². The minimum absolute atomic E-state index is 0.0526. The number of methoxy groups -OCH3 is 1. The number of carbonyl (C=O) groups is 2. The van der Waals surface area contributed by atoms with Crippen LogP contribution in [-0.2, 0) is 4.79 Å². The number of benzene rings is 2. The number of ether oxygens (including phenoxy) is 2. The Bertz CT molecular complexity index is 861. The Hall–Kier alpha value is -3.33. The first-order valence-corrected chi connectivity index (χ1v) is 9.19.